The average Bonchev–Trinajstić information content (AvgIpc) is 3.52. The van der Waals surface area contributed by atoms with Gasteiger partial charge in [-0.05, 0) is 45.4 Å². The fourth-order valence-corrected chi connectivity index (χ4v) is 4.05. The van der Waals surface area contributed by atoms with Gasteiger partial charge >= 0.3 is 0 Å². The number of carbonyl (C=O) groups excluding carboxylic acids is 1. The highest BCUT2D eigenvalue weighted by atomic mass is 16.3. The Hall–Kier alpha value is -2.22. The summed E-state index contributed by atoms with van der Waals surface area (Å²) in [5.41, 5.74) is 2.51. The highest BCUT2D eigenvalue weighted by Crippen LogP contribution is 2.43. The lowest BCUT2D eigenvalue weighted by Crippen LogP contribution is -2.44. The van der Waals surface area contributed by atoms with Gasteiger partial charge in [0.2, 0.25) is 0 Å². The molecule has 0 saturated heterocycles. The van der Waals surface area contributed by atoms with Gasteiger partial charge in [0.05, 0.1) is 11.3 Å². The predicted octanol–water partition coefficient (Wildman–Crippen LogP) is 1.69. The number of aromatic nitrogens is 5. The Morgan fingerprint density at radius 2 is 2.00 bits per heavy atom. The van der Waals surface area contributed by atoms with Gasteiger partial charge in [-0.25, -0.2) is 0 Å². The molecule has 1 amide bonds. The van der Waals surface area contributed by atoms with E-state index in [1.54, 1.807) is 0 Å². The van der Waals surface area contributed by atoms with Crippen LogP contribution in [0.25, 0.3) is 0 Å². The Balaban J connectivity index is 1.25. The lowest BCUT2D eigenvalue weighted by molar-refractivity contribution is 0.0905. The van der Waals surface area contributed by atoms with Crippen LogP contribution in [0.1, 0.15) is 89.8 Å². The van der Waals surface area contributed by atoms with Gasteiger partial charge in [0.1, 0.15) is 12.4 Å². The number of rotatable bonds is 6. The van der Waals surface area contributed by atoms with Crippen LogP contribution >= 0.6 is 0 Å². The summed E-state index contributed by atoms with van der Waals surface area (Å²) in [4.78, 5) is 12.7. The van der Waals surface area contributed by atoms with Gasteiger partial charge in [-0.15, -0.1) is 10.2 Å². The van der Waals surface area contributed by atoms with Crippen LogP contribution in [-0.4, -0.2) is 42.0 Å². The molecule has 0 unspecified atom stereocenters. The lowest BCUT2D eigenvalue weighted by atomic mass is 9.79. The number of aromatic amines is 1. The summed E-state index contributed by atoms with van der Waals surface area (Å²) in [6, 6.07) is 0.612. The molecule has 3 aliphatic carbocycles. The molecule has 0 aliphatic heterocycles. The number of hydrogen-bond acceptors (Lipinski definition) is 5. The molecule has 3 N–H and O–H groups in total. The van der Waals surface area contributed by atoms with Crippen LogP contribution in [0.15, 0.2) is 0 Å². The predicted molar refractivity (Wildman–Crippen MR) is 92.7 cm³/mol. The van der Waals surface area contributed by atoms with Gasteiger partial charge in [0, 0.05) is 29.6 Å². The second-order valence-corrected chi connectivity index (χ2v) is 7.96. The molecule has 0 spiro atoms. The molecule has 138 valence electrons. The summed E-state index contributed by atoms with van der Waals surface area (Å²) in [6.45, 7) is 1.84. The quantitative estimate of drug-likeness (QED) is 0.730. The van der Waals surface area contributed by atoms with Crippen LogP contribution in [0.3, 0.4) is 0 Å². The first-order chi connectivity index (χ1) is 12.7. The summed E-state index contributed by atoms with van der Waals surface area (Å²) >= 11 is 0. The van der Waals surface area contributed by atoms with Gasteiger partial charge < -0.3 is 15.0 Å². The maximum atomic E-state index is 12.7. The Kier molecular flexibility index (Phi) is 3.63. The number of amides is 1. The smallest absolute Gasteiger partial charge is 0.255 e. The number of aryl methyl sites for hydroxylation is 1. The van der Waals surface area contributed by atoms with Crippen LogP contribution in [0.2, 0.25) is 0 Å². The maximum Gasteiger partial charge on any atom is 0.255 e. The largest absolute Gasteiger partial charge is 0.388 e. The van der Waals surface area contributed by atoms with E-state index in [0.29, 0.717) is 23.7 Å². The van der Waals surface area contributed by atoms with E-state index in [1.807, 2.05) is 6.92 Å². The zero-order valence-electron chi connectivity index (χ0n) is 14.9. The van der Waals surface area contributed by atoms with E-state index >= 15 is 0 Å². The number of hydrogen-bond donors (Lipinski definition) is 3. The van der Waals surface area contributed by atoms with Crippen molar-refractivity contribution in [1.82, 2.24) is 30.3 Å². The first kappa shape index (κ1) is 16.0. The molecular weight excluding hydrogens is 332 g/mol. The fourth-order valence-electron chi connectivity index (χ4n) is 4.05. The van der Waals surface area contributed by atoms with Gasteiger partial charge in [-0.2, -0.15) is 5.10 Å². The third kappa shape index (κ3) is 2.63. The van der Waals surface area contributed by atoms with Crippen molar-refractivity contribution in [2.45, 2.75) is 76.0 Å². The summed E-state index contributed by atoms with van der Waals surface area (Å²) in [6.07, 6.45) is 6.26. The summed E-state index contributed by atoms with van der Waals surface area (Å²) in [7, 11) is 0. The van der Waals surface area contributed by atoms with Gasteiger partial charge in [-0.1, -0.05) is 0 Å². The van der Waals surface area contributed by atoms with Crippen molar-refractivity contribution >= 4 is 5.91 Å². The molecule has 0 atom stereocenters. The number of aliphatic hydroxyl groups is 1. The number of aliphatic hydroxyl groups excluding tert-OH is 1. The average molecular weight is 356 g/mol. The van der Waals surface area contributed by atoms with Gasteiger partial charge in [-0.3, -0.25) is 9.89 Å². The van der Waals surface area contributed by atoms with Crippen LogP contribution < -0.4 is 5.32 Å². The minimum absolute atomic E-state index is 0.0127. The summed E-state index contributed by atoms with van der Waals surface area (Å²) in [5.74, 6) is 2.38. The van der Waals surface area contributed by atoms with E-state index in [-0.39, 0.29) is 18.6 Å². The van der Waals surface area contributed by atoms with Crippen LogP contribution in [-0.2, 0) is 6.61 Å². The van der Waals surface area contributed by atoms with Crippen LogP contribution in [0, 0.1) is 6.92 Å². The van der Waals surface area contributed by atoms with Crippen molar-refractivity contribution in [3.8, 4) is 0 Å². The Bertz CT molecular complexity index is 842. The molecule has 26 heavy (non-hydrogen) atoms. The van der Waals surface area contributed by atoms with Crippen molar-refractivity contribution in [3.05, 3.63) is 28.6 Å². The standard InChI is InChI=1S/C18H24N6O2/c1-9-15(16(22-20-9)10-2-3-10)18(26)19-12-6-11(7-12)17-23-21-14(8-25)24(17)13-4-5-13/h10-13,25H,2-8H2,1H3,(H,19,26)(H,20,22). The normalized spacial score (nSPS) is 25.2. The molecule has 8 nitrogen and oxygen atoms in total. The molecule has 2 aromatic rings. The molecule has 3 saturated carbocycles. The molecule has 2 heterocycles. The van der Waals surface area contributed by atoms with E-state index in [2.05, 4.69) is 30.3 Å². The monoisotopic (exact) mass is 356 g/mol. The van der Waals surface area contributed by atoms with E-state index < -0.39 is 0 Å². The molecule has 8 heteroatoms. The Morgan fingerprint density at radius 1 is 1.23 bits per heavy atom. The summed E-state index contributed by atoms with van der Waals surface area (Å²) in [5, 5.41) is 28.4. The number of H-pyrrole nitrogens is 1. The van der Waals surface area contributed by atoms with E-state index in [0.717, 1.165) is 61.3 Å². The van der Waals surface area contributed by atoms with Crippen molar-refractivity contribution in [3.63, 3.8) is 0 Å². The van der Waals surface area contributed by atoms with Gasteiger partial charge in [0.15, 0.2) is 5.82 Å². The maximum absolute atomic E-state index is 12.7. The third-order valence-corrected chi connectivity index (χ3v) is 5.85. The first-order valence-corrected chi connectivity index (χ1v) is 9.56. The molecule has 0 bridgehead atoms. The molecule has 3 fully saturated rings. The molecule has 2 aromatic heterocycles. The first-order valence-electron chi connectivity index (χ1n) is 9.56. The SMILES string of the molecule is Cc1[nH]nc(C2CC2)c1C(=O)NC1CC(c2nnc(CO)n2C2CC2)C1. The zero-order valence-corrected chi connectivity index (χ0v) is 14.9. The topological polar surface area (TPSA) is 109 Å². The number of nitrogens with one attached hydrogen (secondary N) is 2. The zero-order chi connectivity index (χ0) is 17.8. The molecule has 3 aliphatic rings. The molecule has 5 rings (SSSR count). The van der Waals surface area contributed by atoms with Crippen molar-refractivity contribution in [2.75, 3.05) is 0 Å². The van der Waals surface area contributed by atoms with Crippen molar-refractivity contribution in [2.24, 2.45) is 0 Å². The van der Waals surface area contributed by atoms with Crippen molar-refractivity contribution in [1.29, 1.82) is 0 Å². The van der Waals surface area contributed by atoms with Gasteiger partial charge in [0.25, 0.3) is 5.91 Å². The fraction of sp³-hybridized carbons (Fsp3) is 0.667. The minimum Gasteiger partial charge on any atom is -0.388 e. The lowest BCUT2D eigenvalue weighted by Gasteiger charge is -2.35. The summed E-state index contributed by atoms with van der Waals surface area (Å²) < 4.78 is 2.12. The Morgan fingerprint density at radius 3 is 2.65 bits per heavy atom. The third-order valence-electron chi connectivity index (χ3n) is 5.85. The molecular formula is C18H24N6O2. The van der Waals surface area contributed by atoms with E-state index in [4.69, 9.17) is 0 Å². The second kappa shape index (κ2) is 5.90. The molecule has 0 aromatic carbocycles. The molecule has 0 radical (unpaired) electrons. The van der Waals surface area contributed by atoms with E-state index in [9.17, 15) is 9.90 Å². The second-order valence-electron chi connectivity index (χ2n) is 7.96. The van der Waals surface area contributed by atoms with E-state index in [1.165, 1.54) is 0 Å². The minimum atomic E-state index is -0.0694. The number of nitrogens with zero attached hydrogens (tertiary/aromatic N) is 4. The highest BCUT2D eigenvalue weighted by Gasteiger charge is 2.39. The Labute approximate surface area is 151 Å². The highest BCUT2D eigenvalue weighted by molar-refractivity contribution is 5.97. The van der Waals surface area contributed by atoms with Crippen molar-refractivity contribution < 1.29 is 9.90 Å². The van der Waals surface area contributed by atoms with Crippen LogP contribution in [0.4, 0.5) is 0 Å². The number of carbonyl (C=O) groups is 1. The van der Waals surface area contributed by atoms with Crippen LogP contribution in [0.5, 0.6) is 0 Å².